The molecule has 19 nitrogen and oxygen atoms in total. The first-order valence-electron chi connectivity index (χ1n) is 27.4. The van der Waals surface area contributed by atoms with Crippen molar-refractivity contribution in [2.45, 2.75) is 137 Å². The van der Waals surface area contributed by atoms with Crippen LogP contribution in [0.1, 0.15) is 129 Å². The van der Waals surface area contributed by atoms with Gasteiger partial charge in [0.05, 0.1) is 58.6 Å². The third-order valence-electron chi connectivity index (χ3n) is 17.8. The van der Waals surface area contributed by atoms with Crippen LogP contribution in [-0.2, 0) is 30.3 Å². The number of methoxy groups -OCH3 is 1. The van der Waals surface area contributed by atoms with Crippen LogP contribution in [0.2, 0.25) is 0 Å². The minimum absolute atomic E-state index is 0.0320. The maximum Gasteiger partial charge on any atom is 0.341 e. The minimum Gasteiger partial charge on any atom is -0.507 e. The molecule has 0 unspecified atom stereocenters. The van der Waals surface area contributed by atoms with E-state index < -0.39 is 112 Å². The second-order valence-corrected chi connectivity index (χ2v) is 23.2. The number of aromatic nitrogens is 1. The SMILES string of the molecule is CO[C@H]1/C=C/O[C@@]2(C)Oc3c(C)c(O)c4c(O)c(c(CN5CCC6(CC5)CCN(c5c(F)cn7c(=O)c(C(=O)O)cc(C8CC8)c7c5C)C6)c(O)c4c3C2=O)NC(=O)C(C)=C/C=C/[C@H](C)[C@H](O)[C@@H](C)[C@@H](O)[C@@H](C)[C@H](OC(C)=O)[C@@H]1C. The van der Waals surface area contributed by atoms with Crippen LogP contribution >= 0.6 is 0 Å². The predicted molar refractivity (Wildman–Crippen MR) is 295 cm³/mol. The zero-order valence-corrected chi connectivity index (χ0v) is 46.9. The third kappa shape index (κ3) is 10.2. The van der Waals surface area contributed by atoms with Gasteiger partial charge >= 0.3 is 17.7 Å². The summed E-state index contributed by atoms with van der Waals surface area (Å²) in [7, 11) is 1.43. The number of allylic oxidation sites excluding steroid dienone is 2. The monoisotopic (exact) mass is 1110 g/mol. The van der Waals surface area contributed by atoms with Crippen LogP contribution in [0, 0.1) is 48.8 Å². The second-order valence-electron chi connectivity index (χ2n) is 23.2. The zero-order chi connectivity index (χ0) is 58.2. The summed E-state index contributed by atoms with van der Waals surface area (Å²) in [6.07, 6.45) is 8.15. The molecule has 1 spiro atoms. The van der Waals surface area contributed by atoms with Crippen molar-refractivity contribution in [1.29, 1.82) is 0 Å². The largest absolute Gasteiger partial charge is 0.507 e. The van der Waals surface area contributed by atoms with E-state index in [1.54, 1.807) is 46.8 Å². The number of esters is 1. The number of anilines is 2. The molecular formula is C60H73FN4O15. The minimum atomic E-state index is -2.10. The molecule has 7 heterocycles. The molecule has 4 aromatic rings. The van der Waals surface area contributed by atoms with E-state index in [0.29, 0.717) is 61.4 Å². The van der Waals surface area contributed by atoms with E-state index in [-0.39, 0.29) is 62.4 Å². The van der Waals surface area contributed by atoms with Gasteiger partial charge in [-0.05, 0) is 101 Å². The normalized spacial score (nSPS) is 28.5. The van der Waals surface area contributed by atoms with Crippen molar-refractivity contribution in [2.24, 2.45) is 29.1 Å². The number of hydrogen-bond donors (Lipinski definition) is 7. The molecule has 6 aliphatic rings. The van der Waals surface area contributed by atoms with Crippen LogP contribution in [0.4, 0.5) is 15.8 Å². The van der Waals surface area contributed by atoms with Gasteiger partial charge in [0.15, 0.2) is 11.6 Å². The van der Waals surface area contributed by atoms with Gasteiger partial charge in [-0.1, -0.05) is 45.9 Å². The van der Waals surface area contributed by atoms with Crippen molar-refractivity contribution in [3.63, 3.8) is 0 Å². The van der Waals surface area contributed by atoms with Crippen LogP contribution in [0.15, 0.2) is 53.2 Å². The zero-order valence-electron chi connectivity index (χ0n) is 46.9. The summed E-state index contributed by atoms with van der Waals surface area (Å²) in [4.78, 5) is 71.0. The molecule has 20 heteroatoms. The van der Waals surface area contributed by atoms with Crippen molar-refractivity contribution < 1.29 is 73.2 Å². The number of carboxylic acid groups (broad SMARTS) is 1. The van der Waals surface area contributed by atoms with E-state index in [0.717, 1.165) is 29.9 Å². The number of aryl methyl sites for hydroxylation is 1. The number of phenolic OH excluding ortho intramolecular Hbond substituents is 3. The van der Waals surface area contributed by atoms with Crippen LogP contribution in [0.25, 0.3) is 16.3 Å². The van der Waals surface area contributed by atoms with E-state index in [9.17, 15) is 54.6 Å². The number of amides is 1. The van der Waals surface area contributed by atoms with Gasteiger partial charge < -0.3 is 59.8 Å². The maximum atomic E-state index is 16.3. The molecule has 7 N–H and O–H groups in total. The number of nitrogens with zero attached hydrogens (tertiary/aromatic N) is 3. The molecular weight excluding hydrogens is 1040 g/mol. The van der Waals surface area contributed by atoms with Crippen molar-refractivity contribution >= 4 is 51.3 Å². The number of rotatable bonds is 7. The number of halogens is 1. The van der Waals surface area contributed by atoms with Gasteiger partial charge in [-0.15, -0.1) is 0 Å². The van der Waals surface area contributed by atoms with E-state index in [4.69, 9.17) is 18.9 Å². The number of aromatic carboxylic acids is 1. The summed E-state index contributed by atoms with van der Waals surface area (Å²) >= 11 is 0. The number of carboxylic acids is 1. The highest BCUT2D eigenvalue weighted by Gasteiger charge is 2.50. The number of phenols is 3. The Balaban J connectivity index is 1.07. The number of likely N-dealkylation sites (tertiary alicyclic amines) is 1. The highest BCUT2D eigenvalue weighted by atomic mass is 19.1. The average Bonchev–Trinajstić information content (AvgIpc) is 4.27. The molecule has 2 saturated heterocycles. The summed E-state index contributed by atoms with van der Waals surface area (Å²) in [5.41, 5.74) is 0.529. The lowest BCUT2D eigenvalue weighted by molar-refractivity contribution is -0.160. The summed E-state index contributed by atoms with van der Waals surface area (Å²) in [5.74, 6) is -10.5. The predicted octanol–water partition coefficient (Wildman–Crippen LogP) is 7.88. The second kappa shape index (κ2) is 21.8. The summed E-state index contributed by atoms with van der Waals surface area (Å²) in [6.45, 7) is 16.1. The number of hydrogen-bond acceptors (Lipinski definition) is 16. The van der Waals surface area contributed by atoms with E-state index in [1.807, 2.05) is 9.80 Å². The van der Waals surface area contributed by atoms with Gasteiger partial charge in [-0.3, -0.25) is 28.5 Å². The Morgan fingerprint density at radius 1 is 0.887 bits per heavy atom. The molecule has 5 bridgehead atoms. The molecule has 9 atom stereocenters. The van der Waals surface area contributed by atoms with Gasteiger partial charge in [0, 0.05) is 86.3 Å². The summed E-state index contributed by atoms with van der Waals surface area (Å²) < 4.78 is 41.4. The molecule has 0 radical (unpaired) electrons. The Morgan fingerprint density at radius 2 is 1.56 bits per heavy atom. The lowest BCUT2D eigenvalue weighted by Crippen LogP contribution is -2.46. The van der Waals surface area contributed by atoms with E-state index in [2.05, 4.69) is 5.32 Å². The van der Waals surface area contributed by atoms with Crippen molar-refractivity contribution in [3.8, 4) is 23.0 Å². The molecule has 2 aromatic carbocycles. The smallest absolute Gasteiger partial charge is 0.341 e. The number of carbonyl (C=O) groups excluding carboxylic acids is 3. The highest BCUT2D eigenvalue weighted by molar-refractivity contribution is 6.22. The van der Waals surface area contributed by atoms with Crippen LogP contribution < -0.4 is 20.5 Å². The first kappa shape index (κ1) is 57.7. The van der Waals surface area contributed by atoms with Gasteiger partial charge in [0.2, 0.25) is 0 Å². The molecule has 5 aliphatic heterocycles. The van der Waals surface area contributed by atoms with Gasteiger partial charge in [-0.2, -0.15) is 0 Å². The number of fused-ring (bicyclic) bond motifs is 15. The van der Waals surface area contributed by atoms with E-state index >= 15 is 4.39 Å². The molecule has 80 heavy (non-hydrogen) atoms. The van der Waals surface area contributed by atoms with E-state index in [1.165, 1.54) is 59.3 Å². The molecule has 430 valence electrons. The summed E-state index contributed by atoms with van der Waals surface area (Å²) in [6, 6.07) is 1.44. The van der Waals surface area contributed by atoms with Gasteiger partial charge in [-0.25, -0.2) is 9.18 Å². The first-order valence-corrected chi connectivity index (χ1v) is 27.4. The van der Waals surface area contributed by atoms with Gasteiger partial charge in [0.25, 0.3) is 17.2 Å². The Hall–Kier alpha value is -7.00. The number of pyridine rings is 2. The first-order chi connectivity index (χ1) is 37.7. The molecule has 1 aliphatic carbocycles. The van der Waals surface area contributed by atoms with Crippen molar-refractivity contribution in [1.82, 2.24) is 9.30 Å². The lowest BCUT2D eigenvalue weighted by Gasteiger charge is -2.40. The quantitative estimate of drug-likeness (QED) is 0.0527. The Bertz CT molecular complexity index is 3360. The Morgan fingerprint density at radius 3 is 2.20 bits per heavy atom. The van der Waals surface area contributed by atoms with Crippen LogP contribution in [0.5, 0.6) is 23.0 Å². The third-order valence-corrected chi connectivity index (χ3v) is 17.8. The average molecular weight is 1110 g/mol. The summed E-state index contributed by atoms with van der Waals surface area (Å²) in [5, 5.41) is 72.1. The Labute approximate surface area is 462 Å². The molecule has 1 amide bonds. The molecule has 1 saturated carbocycles. The molecule has 2 aromatic heterocycles. The molecule has 3 fully saturated rings. The van der Waals surface area contributed by atoms with Crippen LogP contribution in [0.3, 0.4) is 0 Å². The van der Waals surface area contributed by atoms with Crippen molar-refractivity contribution in [2.75, 3.05) is 43.5 Å². The number of ketones is 1. The highest BCUT2D eigenvalue weighted by Crippen LogP contribution is 2.56. The number of Topliss-reactive ketones (excluding diaryl/α,β-unsaturated/α-hetero) is 1. The topological polar surface area (TPSA) is 267 Å². The molecule has 10 rings (SSSR count). The number of carbonyl (C=O) groups is 4. The maximum absolute atomic E-state index is 16.3. The fraction of sp³-hybridized carbons (Fsp3) is 0.517. The number of aromatic hydroxyl groups is 3. The van der Waals surface area contributed by atoms with Crippen molar-refractivity contribution in [3.05, 3.63) is 98.0 Å². The number of aliphatic hydroxyl groups excluding tert-OH is 2. The number of nitrogens with one attached hydrogen (secondary N) is 1. The number of benzene rings is 2. The lowest BCUT2D eigenvalue weighted by atomic mass is 9.77. The van der Waals surface area contributed by atoms with Crippen LogP contribution in [-0.4, -0.2) is 127 Å². The number of ether oxygens (including phenoxy) is 4. The fourth-order valence-corrected chi connectivity index (χ4v) is 12.8. The Kier molecular flexibility index (Phi) is 15.7. The fourth-order valence-electron chi connectivity index (χ4n) is 12.8. The standard InChI is InChI=1S/C60H73FN4O15/c1-28-12-11-13-29(2)56(73)62-45-39(25-63-20-17-60(18-21-63)19-22-64(27-60)47-31(4)46-37(36-14-15-36)24-38(58(75)76)57(74)65(46)26-40(47)61)51(70)42-43(52(45)71)50(69)34(7)54-44(42)55(72)59(9,80-54)78-23-16-41(77-10)30(3)53(79-35(8)66)33(6)49(68)32(5)48(28)67/h11-13,16,23-24,26,28,30,32-33,36,41,48-49,53,67-71H,14-15,17-22,25,27H2,1-10H3,(H,62,73)(H,75,76)/b12-11+,23-16+,29-13?/t28-,30+,32+,33+,41-,48-,49+,53+,59-/m0/s1. The number of piperidine rings is 1. The number of aliphatic hydroxyl groups is 2. The van der Waals surface area contributed by atoms with Gasteiger partial charge in [0.1, 0.15) is 28.9 Å².